The van der Waals surface area contributed by atoms with Crippen LogP contribution < -0.4 is 16.0 Å². The molecule has 1 aliphatic heterocycles. The summed E-state index contributed by atoms with van der Waals surface area (Å²) in [6.07, 6.45) is 2.09. The molecule has 31 heavy (non-hydrogen) atoms. The van der Waals surface area contributed by atoms with Crippen molar-refractivity contribution in [3.63, 3.8) is 0 Å². The molecule has 4 N–H and O–H groups in total. The Morgan fingerprint density at radius 2 is 2.03 bits per heavy atom. The Bertz CT molecular complexity index is 978. The van der Waals surface area contributed by atoms with Gasteiger partial charge in [-0.15, -0.1) is 0 Å². The summed E-state index contributed by atoms with van der Waals surface area (Å²) in [6.45, 7) is 5.71. The number of hydrogen-bond donors (Lipinski definition) is 3. The quantitative estimate of drug-likeness (QED) is 0.292. The molecule has 1 aromatic heterocycles. The lowest BCUT2D eigenvalue weighted by Crippen LogP contribution is -2.43. The summed E-state index contributed by atoms with van der Waals surface area (Å²) in [5.74, 6) is -1.46. The van der Waals surface area contributed by atoms with Crippen molar-refractivity contribution in [2.24, 2.45) is 10.9 Å². The highest BCUT2D eigenvalue weighted by atomic mass is 19.1. The minimum atomic E-state index is -0.711. The molecule has 1 aliphatic rings. The summed E-state index contributed by atoms with van der Waals surface area (Å²) >= 11 is 0. The molecule has 166 valence electrons. The Morgan fingerprint density at radius 1 is 1.29 bits per heavy atom. The molecule has 0 bridgehead atoms. The third kappa shape index (κ3) is 5.36. The number of aromatic nitrogens is 2. The number of halogens is 2. The first-order valence-electron chi connectivity index (χ1n) is 9.56. The Hall–Kier alpha value is -3.50. The van der Waals surface area contributed by atoms with Crippen LogP contribution in [0.4, 0.5) is 19.4 Å². The third-order valence-electron chi connectivity index (χ3n) is 4.71. The standard InChI is InChI=1S/C20H24F2N6O3/c1-20(2,3)31-19(29)26-16-10-28(17-8-24-15(7-25-17)18(23)27-30)9-13(16)12-6-11(21)4-5-14(12)22/h4-8,13,16,30H,9-10H2,1-3H3,(H2,23,27)(H,26,29)/t13-,16+/m1/s1. The first-order valence-corrected chi connectivity index (χ1v) is 9.56. The zero-order valence-corrected chi connectivity index (χ0v) is 17.3. The number of oxime groups is 1. The third-order valence-corrected chi connectivity index (χ3v) is 4.71. The van der Waals surface area contributed by atoms with Crippen LogP contribution in [0, 0.1) is 11.6 Å². The maximum absolute atomic E-state index is 14.5. The molecule has 11 heteroatoms. The number of nitrogens with zero attached hydrogens (tertiary/aromatic N) is 4. The number of benzene rings is 1. The van der Waals surface area contributed by atoms with E-state index in [4.69, 9.17) is 15.7 Å². The molecule has 1 amide bonds. The van der Waals surface area contributed by atoms with Gasteiger partial charge in [-0.25, -0.2) is 23.5 Å². The van der Waals surface area contributed by atoms with E-state index < -0.39 is 35.3 Å². The van der Waals surface area contributed by atoms with Crippen LogP contribution in [0.1, 0.15) is 37.9 Å². The van der Waals surface area contributed by atoms with Crippen LogP contribution >= 0.6 is 0 Å². The number of anilines is 1. The van der Waals surface area contributed by atoms with Gasteiger partial charge < -0.3 is 25.9 Å². The van der Waals surface area contributed by atoms with Crippen LogP contribution in [0.25, 0.3) is 0 Å². The number of nitrogens with one attached hydrogen (secondary N) is 1. The second kappa shape index (κ2) is 8.70. The number of ether oxygens (including phenoxy) is 1. The summed E-state index contributed by atoms with van der Waals surface area (Å²) in [5.41, 5.74) is 5.11. The molecular weight excluding hydrogens is 410 g/mol. The van der Waals surface area contributed by atoms with Gasteiger partial charge in [0.05, 0.1) is 18.4 Å². The number of rotatable bonds is 4. The van der Waals surface area contributed by atoms with Gasteiger partial charge in [0.2, 0.25) is 0 Å². The number of amides is 1. The molecule has 1 fully saturated rings. The molecular formula is C20H24F2N6O3. The van der Waals surface area contributed by atoms with Crippen molar-refractivity contribution in [2.75, 3.05) is 18.0 Å². The van der Waals surface area contributed by atoms with Gasteiger partial charge in [0.1, 0.15) is 28.7 Å². The molecule has 1 saturated heterocycles. The highest BCUT2D eigenvalue weighted by molar-refractivity contribution is 5.94. The zero-order chi connectivity index (χ0) is 22.8. The predicted octanol–water partition coefficient (Wildman–Crippen LogP) is 2.35. The maximum atomic E-state index is 14.5. The smallest absolute Gasteiger partial charge is 0.407 e. The van der Waals surface area contributed by atoms with E-state index in [1.807, 2.05) is 0 Å². The largest absolute Gasteiger partial charge is 0.444 e. The number of carbonyl (C=O) groups excluding carboxylic acids is 1. The van der Waals surface area contributed by atoms with Crippen LogP contribution in [-0.4, -0.2) is 51.8 Å². The molecule has 2 heterocycles. The average Bonchev–Trinajstić information content (AvgIpc) is 3.11. The Balaban J connectivity index is 1.87. The second-order valence-electron chi connectivity index (χ2n) is 8.18. The van der Waals surface area contributed by atoms with E-state index in [0.717, 1.165) is 18.2 Å². The van der Waals surface area contributed by atoms with E-state index in [9.17, 15) is 13.6 Å². The molecule has 0 radical (unpaired) electrons. The van der Waals surface area contributed by atoms with Gasteiger partial charge in [-0.2, -0.15) is 0 Å². The van der Waals surface area contributed by atoms with Gasteiger partial charge in [0.15, 0.2) is 5.84 Å². The van der Waals surface area contributed by atoms with Gasteiger partial charge in [-0.05, 0) is 44.5 Å². The van der Waals surface area contributed by atoms with Crippen LogP contribution in [0.3, 0.4) is 0 Å². The molecule has 0 spiro atoms. The number of nitrogens with two attached hydrogens (primary N) is 1. The van der Waals surface area contributed by atoms with Gasteiger partial charge >= 0.3 is 6.09 Å². The lowest BCUT2D eigenvalue weighted by atomic mass is 9.94. The fraction of sp³-hybridized carbons (Fsp3) is 0.400. The van der Waals surface area contributed by atoms with E-state index in [-0.39, 0.29) is 30.2 Å². The molecule has 0 saturated carbocycles. The van der Waals surface area contributed by atoms with Crippen LogP contribution in [0.15, 0.2) is 35.7 Å². The van der Waals surface area contributed by atoms with Crippen LogP contribution in [0.5, 0.6) is 0 Å². The van der Waals surface area contributed by atoms with E-state index in [1.165, 1.54) is 12.4 Å². The minimum Gasteiger partial charge on any atom is -0.444 e. The summed E-state index contributed by atoms with van der Waals surface area (Å²) in [6, 6.07) is 2.65. The maximum Gasteiger partial charge on any atom is 0.407 e. The van der Waals surface area contributed by atoms with Crippen molar-refractivity contribution in [3.05, 3.63) is 53.5 Å². The van der Waals surface area contributed by atoms with Crippen LogP contribution in [0.2, 0.25) is 0 Å². The van der Waals surface area contributed by atoms with E-state index in [1.54, 1.807) is 25.7 Å². The highest BCUT2D eigenvalue weighted by Gasteiger charge is 2.38. The lowest BCUT2D eigenvalue weighted by molar-refractivity contribution is 0.0504. The Labute approximate surface area is 177 Å². The number of hydrogen-bond acceptors (Lipinski definition) is 7. The Kier molecular flexibility index (Phi) is 6.23. The average molecular weight is 434 g/mol. The summed E-state index contributed by atoms with van der Waals surface area (Å²) in [5, 5.41) is 14.4. The topological polar surface area (TPSA) is 126 Å². The molecule has 0 unspecified atom stereocenters. The SMILES string of the molecule is CC(C)(C)OC(=O)N[C@H]1CN(c2cnc(/C(N)=N/O)cn2)C[C@@H]1c1cc(F)ccc1F. The van der Waals surface area contributed by atoms with Crippen molar-refractivity contribution in [2.45, 2.75) is 38.3 Å². The molecule has 3 rings (SSSR count). The van der Waals surface area contributed by atoms with Gasteiger partial charge in [-0.3, -0.25) is 0 Å². The molecule has 0 aliphatic carbocycles. The monoisotopic (exact) mass is 434 g/mol. The summed E-state index contributed by atoms with van der Waals surface area (Å²) in [4.78, 5) is 22.5. The van der Waals surface area contributed by atoms with Gasteiger partial charge in [-0.1, -0.05) is 5.16 Å². The van der Waals surface area contributed by atoms with E-state index >= 15 is 0 Å². The number of carbonyl (C=O) groups is 1. The first kappa shape index (κ1) is 22.2. The van der Waals surface area contributed by atoms with Crippen molar-refractivity contribution in [1.29, 1.82) is 0 Å². The summed E-state index contributed by atoms with van der Waals surface area (Å²) < 4.78 is 33.7. The minimum absolute atomic E-state index is 0.143. The molecule has 2 aromatic rings. The Morgan fingerprint density at radius 3 is 2.65 bits per heavy atom. The van der Waals surface area contributed by atoms with Crippen molar-refractivity contribution < 1.29 is 23.5 Å². The summed E-state index contributed by atoms with van der Waals surface area (Å²) in [7, 11) is 0. The predicted molar refractivity (Wildman–Crippen MR) is 109 cm³/mol. The lowest BCUT2D eigenvalue weighted by Gasteiger charge is -2.24. The van der Waals surface area contributed by atoms with E-state index in [0.29, 0.717) is 5.82 Å². The van der Waals surface area contributed by atoms with Gasteiger partial charge in [0.25, 0.3) is 0 Å². The first-order chi connectivity index (χ1) is 14.6. The van der Waals surface area contributed by atoms with Gasteiger partial charge in [0, 0.05) is 19.0 Å². The molecule has 9 nitrogen and oxygen atoms in total. The highest BCUT2D eigenvalue weighted by Crippen LogP contribution is 2.32. The second-order valence-corrected chi connectivity index (χ2v) is 8.18. The van der Waals surface area contributed by atoms with Crippen molar-refractivity contribution in [3.8, 4) is 0 Å². The molecule has 2 atom stereocenters. The van der Waals surface area contributed by atoms with Crippen LogP contribution in [-0.2, 0) is 4.74 Å². The van der Waals surface area contributed by atoms with E-state index in [2.05, 4.69) is 20.4 Å². The fourth-order valence-electron chi connectivity index (χ4n) is 3.38. The van der Waals surface area contributed by atoms with Crippen molar-refractivity contribution >= 4 is 17.7 Å². The number of alkyl carbamates (subject to hydrolysis) is 1. The normalized spacial score (nSPS) is 19.4. The fourth-order valence-corrected chi connectivity index (χ4v) is 3.38. The number of amidine groups is 1. The zero-order valence-electron chi connectivity index (χ0n) is 17.3. The van der Waals surface area contributed by atoms with Crippen molar-refractivity contribution in [1.82, 2.24) is 15.3 Å². The molecule has 1 aromatic carbocycles.